The van der Waals surface area contributed by atoms with Gasteiger partial charge in [-0.25, -0.2) is 14.4 Å². The lowest BCUT2D eigenvalue weighted by Gasteiger charge is -2.00. The smallest absolute Gasteiger partial charge is 0.337 e. The van der Waals surface area contributed by atoms with Crippen molar-refractivity contribution in [2.45, 2.75) is 0 Å². The molecular formula is C9H5NO5. The van der Waals surface area contributed by atoms with Crippen LogP contribution in [0.25, 0.3) is 0 Å². The third-order valence-corrected chi connectivity index (χ3v) is 1.64. The highest BCUT2D eigenvalue weighted by Gasteiger charge is 2.12. The summed E-state index contributed by atoms with van der Waals surface area (Å²) in [6, 6.07) is 3.19. The lowest BCUT2D eigenvalue weighted by molar-refractivity contribution is 0.0682. The first-order valence-electron chi connectivity index (χ1n) is 3.74. The second-order valence-electron chi connectivity index (χ2n) is 2.55. The molecule has 0 unspecified atom stereocenters. The van der Waals surface area contributed by atoms with Crippen LogP contribution in [0.3, 0.4) is 0 Å². The van der Waals surface area contributed by atoms with Crippen LogP contribution in [-0.4, -0.2) is 28.2 Å². The van der Waals surface area contributed by atoms with Crippen molar-refractivity contribution in [2.24, 2.45) is 4.99 Å². The molecule has 0 aliphatic rings. The minimum absolute atomic E-state index is 0.144. The molecule has 1 rings (SSSR count). The van der Waals surface area contributed by atoms with E-state index in [9.17, 15) is 14.4 Å². The standard InChI is InChI=1S/C9H5NO5/c11-4-10-7-3-5(8(12)13)1-2-6(7)9(14)15/h1-3H,(H,12,13)(H,14,15). The van der Waals surface area contributed by atoms with Crippen LogP contribution in [0.4, 0.5) is 5.69 Å². The van der Waals surface area contributed by atoms with Gasteiger partial charge >= 0.3 is 11.9 Å². The number of hydrogen-bond acceptors (Lipinski definition) is 4. The lowest BCUT2D eigenvalue weighted by Crippen LogP contribution is -2.00. The van der Waals surface area contributed by atoms with Crippen LogP contribution in [0.5, 0.6) is 0 Å². The highest BCUT2D eigenvalue weighted by Crippen LogP contribution is 2.20. The molecule has 0 saturated carbocycles. The molecule has 1 aromatic rings. The second kappa shape index (κ2) is 4.17. The van der Waals surface area contributed by atoms with E-state index < -0.39 is 11.9 Å². The summed E-state index contributed by atoms with van der Waals surface area (Å²) in [5.74, 6) is -2.52. The summed E-state index contributed by atoms with van der Waals surface area (Å²) in [6.45, 7) is 0. The van der Waals surface area contributed by atoms with Gasteiger partial charge in [0.15, 0.2) is 0 Å². The molecule has 0 atom stereocenters. The van der Waals surface area contributed by atoms with Gasteiger partial charge < -0.3 is 10.2 Å². The summed E-state index contributed by atoms with van der Waals surface area (Å²) >= 11 is 0. The zero-order chi connectivity index (χ0) is 11.4. The van der Waals surface area contributed by atoms with E-state index in [0.717, 1.165) is 24.3 Å². The zero-order valence-electron chi connectivity index (χ0n) is 7.30. The molecule has 1 aromatic carbocycles. The summed E-state index contributed by atoms with van der Waals surface area (Å²) in [5.41, 5.74) is -0.616. The molecule has 0 fully saturated rings. The van der Waals surface area contributed by atoms with Gasteiger partial charge in [0.1, 0.15) is 0 Å². The Morgan fingerprint density at radius 2 is 1.87 bits per heavy atom. The predicted molar refractivity (Wildman–Crippen MR) is 48.1 cm³/mol. The van der Waals surface area contributed by atoms with Crippen LogP contribution in [-0.2, 0) is 4.79 Å². The number of hydrogen-bond donors (Lipinski definition) is 2. The largest absolute Gasteiger partial charge is 0.478 e. The topological polar surface area (TPSA) is 104 Å². The normalized spacial score (nSPS) is 9.07. The fraction of sp³-hybridized carbons (Fsp3) is 0. The number of isocyanates is 1. The van der Waals surface area contributed by atoms with Gasteiger partial charge in [-0.15, -0.1) is 0 Å². The molecule has 0 aliphatic carbocycles. The molecule has 76 valence electrons. The number of rotatable bonds is 3. The maximum atomic E-state index is 10.6. The Morgan fingerprint density at radius 1 is 1.20 bits per heavy atom. The predicted octanol–water partition coefficient (Wildman–Crippen LogP) is 1.05. The van der Waals surface area contributed by atoms with E-state index in [1.807, 2.05) is 0 Å². The highest BCUT2D eigenvalue weighted by atomic mass is 16.4. The van der Waals surface area contributed by atoms with Crippen molar-refractivity contribution >= 4 is 23.7 Å². The number of aromatic carboxylic acids is 2. The molecule has 0 spiro atoms. The van der Waals surface area contributed by atoms with E-state index in [1.165, 1.54) is 0 Å². The van der Waals surface area contributed by atoms with Gasteiger partial charge in [-0.1, -0.05) is 0 Å². The molecular weight excluding hydrogens is 202 g/mol. The maximum absolute atomic E-state index is 10.6. The highest BCUT2D eigenvalue weighted by molar-refractivity contribution is 5.97. The molecule has 0 aliphatic heterocycles. The van der Waals surface area contributed by atoms with Gasteiger partial charge in [-0.05, 0) is 18.2 Å². The molecule has 6 heteroatoms. The van der Waals surface area contributed by atoms with Crippen LogP contribution in [0.1, 0.15) is 20.7 Å². The average Bonchev–Trinajstić information content (AvgIpc) is 2.17. The van der Waals surface area contributed by atoms with E-state index in [1.54, 1.807) is 0 Å². The van der Waals surface area contributed by atoms with E-state index in [4.69, 9.17) is 10.2 Å². The van der Waals surface area contributed by atoms with Crippen molar-refractivity contribution in [3.8, 4) is 0 Å². The Hall–Kier alpha value is -2.46. The van der Waals surface area contributed by atoms with Gasteiger partial charge in [0.05, 0.1) is 16.8 Å². The molecule has 6 nitrogen and oxygen atoms in total. The summed E-state index contributed by atoms with van der Waals surface area (Å²) in [4.78, 5) is 34.3. The van der Waals surface area contributed by atoms with Crippen LogP contribution in [0.2, 0.25) is 0 Å². The fourth-order valence-electron chi connectivity index (χ4n) is 0.987. The first kappa shape index (κ1) is 10.6. The van der Waals surface area contributed by atoms with Crippen molar-refractivity contribution in [3.63, 3.8) is 0 Å². The Bertz CT molecular complexity index is 473. The minimum atomic E-state index is -1.29. The monoisotopic (exact) mass is 207 g/mol. The van der Waals surface area contributed by atoms with Gasteiger partial charge in [0, 0.05) is 0 Å². The van der Waals surface area contributed by atoms with Crippen LogP contribution in [0, 0.1) is 0 Å². The third-order valence-electron chi connectivity index (χ3n) is 1.64. The Morgan fingerprint density at radius 3 is 2.33 bits per heavy atom. The van der Waals surface area contributed by atoms with E-state index in [-0.39, 0.29) is 16.8 Å². The molecule has 0 amide bonds. The second-order valence-corrected chi connectivity index (χ2v) is 2.55. The molecule has 15 heavy (non-hydrogen) atoms. The van der Waals surface area contributed by atoms with Crippen molar-refractivity contribution < 1.29 is 24.6 Å². The number of carboxylic acid groups (broad SMARTS) is 2. The van der Waals surface area contributed by atoms with Crippen molar-refractivity contribution in [2.75, 3.05) is 0 Å². The third kappa shape index (κ3) is 2.26. The minimum Gasteiger partial charge on any atom is -0.478 e. The Balaban J connectivity index is 3.39. The van der Waals surface area contributed by atoms with Crippen LogP contribution >= 0.6 is 0 Å². The molecule has 0 bridgehead atoms. The van der Waals surface area contributed by atoms with Gasteiger partial charge in [-0.2, -0.15) is 4.99 Å². The average molecular weight is 207 g/mol. The number of aliphatic imine (C=N–C) groups is 1. The number of benzene rings is 1. The molecule has 2 N–H and O–H groups in total. The number of nitrogens with zero attached hydrogens (tertiary/aromatic N) is 1. The first-order chi connectivity index (χ1) is 7.06. The summed E-state index contributed by atoms with van der Waals surface area (Å²) < 4.78 is 0. The van der Waals surface area contributed by atoms with Crippen molar-refractivity contribution in [1.29, 1.82) is 0 Å². The molecule has 0 heterocycles. The van der Waals surface area contributed by atoms with E-state index >= 15 is 0 Å². The van der Waals surface area contributed by atoms with E-state index in [0.29, 0.717) is 0 Å². The van der Waals surface area contributed by atoms with Crippen molar-refractivity contribution in [3.05, 3.63) is 29.3 Å². The van der Waals surface area contributed by atoms with Crippen LogP contribution < -0.4 is 0 Å². The molecule has 0 radical (unpaired) electrons. The molecule has 0 aromatic heterocycles. The maximum Gasteiger partial charge on any atom is 0.337 e. The summed E-state index contributed by atoms with van der Waals surface area (Å²) in [5, 5.41) is 17.3. The quantitative estimate of drug-likeness (QED) is 0.569. The summed E-state index contributed by atoms with van der Waals surface area (Å²) in [7, 11) is 0. The zero-order valence-corrected chi connectivity index (χ0v) is 7.30. The van der Waals surface area contributed by atoms with E-state index in [2.05, 4.69) is 4.99 Å². The number of carbonyl (C=O) groups excluding carboxylic acids is 1. The van der Waals surface area contributed by atoms with Gasteiger partial charge in [-0.3, -0.25) is 0 Å². The van der Waals surface area contributed by atoms with Gasteiger partial charge in [0.25, 0.3) is 0 Å². The number of carboxylic acids is 2. The fourth-order valence-corrected chi connectivity index (χ4v) is 0.987. The first-order valence-corrected chi connectivity index (χ1v) is 3.74. The Kier molecular flexibility index (Phi) is 2.95. The Labute approximate surface area is 83.5 Å². The van der Waals surface area contributed by atoms with Crippen molar-refractivity contribution in [1.82, 2.24) is 0 Å². The van der Waals surface area contributed by atoms with Gasteiger partial charge in [0.2, 0.25) is 6.08 Å². The summed E-state index contributed by atoms with van der Waals surface area (Å²) in [6.07, 6.45) is 1.16. The molecule has 0 saturated heterocycles. The number of carbonyl (C=O) groups is 2. The SMILES string of the molecule is O=C=Nc1cc(C(=O)O)ccc1C(=O)O. The van der Waals surface area contributed by atoms with Crippen LogP contribution in [0.15, 0.2) is 23.2 Å². The lowest BCUT2D eigenvalue weighted by atomic mass is 10.1.